The van der Waals surface area contributed by atoms with Crippen LogP contribution in [0.2, 0.25) is 0 Å². The van der Waals surface area contributed by atoms with Crippen LogP contribution in [0.1, 0.15) is 23.2 Å². The van der Waals surface area contributed by atoms with Crippen molar-refractivity contribution in [3.63, 3.8) is 0 Å². The fourth-order valence-corrected chi connectivity index (χ4v) is 1.95. The average molecular weight is 285 g/mol. The van der Waals surface area contributed by atoms with Gasteiger partial charge in [0.15, 0.2) is 0 Å². The second-order valence-electron chi connectivity index (χ2n) is 4.21. The number of esters is 1. The van der Waals surface area contributed by atoms with Crippen molar-refractivity contribution in [2.75, 3.05) is 19.0 Å². The number of benzene rings is 1. The van der Waals surface area contributed by atoms with Gasteiger partial charge in [0.2, 0.25) is 5.91 Å². The molecule has 1 saturated heterocycles. The number of hydrogen-bond acceptors (Lipinski definition) is 4. The first kappa shape index (κ1) is 15.5. The van der Waals surface area contributed by atoms with Gasteiger partial charge in [-0.2, -0.15) is 0 Å². The van der Waals surface area contributed by atoms with E-state index in [9.17, 15) is 9.59 Å². The molecule has 0 spiro atoms. The van der Waals surface area contributed by atoms with Crippen molar-refractivity contribution in [2.45, 2.75) is 18.9 Å². The van der Waals surface area contributed by atoms with Crippen LogP contribution in [-0.4, -0.2) is 31.6 Å². The molecule has 0 radical (unpaired) electrons. The van der Waals surface area contributed by atoms with Crippen LogP contribution in [0.15, 0.2) is 24.3 Å². The summed E-state index contributed by atoms with van der Waals surface area (Å²) in [6.45, 7) is 0.888. The van der Waals surface area contributed by atoms with Gasteiger partial charge in [0.25, 0.3) is 0 Å². The summed E-state index contributed by atoms with van der Waals surface area (Å²) in [5.41, 5.74) is 1.15. The highest BCUT2D eigenvalue weighted by Gasteiger charge is 2.21. The molecule has 19 heavy (non-hydrogen) atoms. The van der Waals surface area contributed by atoms with Gasteiger partial charge in [0.1, 0.15) is 0 Å². The highest BCUT2D eigenvalue weighted by molar-refractivity contribution is 5.96. The molecule has 1 aliphatic rings. The first-order chi connectivity index (χ1) is 8.70. The van der Waals surface area contributed by atoms with Gasteiger partial charge < -0.3 is 15.4 Å². The van der Waals surface area contributed by atoms with Crippen LogP contribution in [0.5, 0.6) is 0 Å². The maximum Gasteiger partial charge on any atom is 0.337 e. The Hall–Kier alpha value is -1.59. The van der Waals surface area contributed by atoms with Crippen LogP contribution in [0.4, 0.5) is 5.69 Å². The van der Waals surface area contributed by atoms with Crippen molar-refractivity contribution in [3.05, 3.63) is 29.8 Å². The topological polar surface area (TPSA) is 67.4 Å². The summed E-state index contributed by atoms with van der Waals surface area (Å²) in [6, 6.07) is 6.54. The molecule has 1 heterocycles. The molecule has 2 rings (SSSR count). The maximum atomic E-state index is 11.8. The smallest absolute Gasteiger partial charge is 0.337 e. The molecule has 0 saturated carbocycles. The van der Waals surface area contributed by atoms with Gasteiger partial charge in [0.05, 0.1) is 18.7 Å². The molecule has 1 atom stereocenters. The molecule has 0 bridgehead atoms. The maximum absolute atomic E-state index is 11.8. The van der Waals surface area contributed by atoms with Crippen molar-refractivity contribution < 1.29 is 14.3 Å². The predicted molar refractivity (Wildman–Crippen MR) is 74.7 cm³/mol. The van der Waals surface area contributed by atoms with Gasteiger partial charge in [0, 0.05) is 5.69 Å². The minimum Gasteiger partial charge on any atom is -0.465 e. The number of halogens is 1. The lowest BCUT2D eigenvalue weighted by molar-refractivity contribution is -0.117. The quantitative estimate of drug-likeness (QED) is 0.827. The van der Waals surface area contributed by atoms with E-state index in [0.29, 0.717) is 11.3 Å². The van der Waals surface area contributed by atoms with E-state index in [1.165, 1.54) is 7.11 Å². The molecule has 2 N–H and O–H groups in total. The van der Waals surface area contributed by atoms with E-state index in [1.54, 1.807) is 24.3 Å². The van der Waals surface area contributed by atoms with Crippen LogP contribution in [0.25, 0.3) is 0 Å². The van der Waals surface area contributed by atoms with Gasteiger partial charge in [-0.15, -0.1) is 12.4 Å². The second-order valence-corrected chi connectivity index (χ2v) is 4.21. The van der Waals surface area contributed by atoms with Crippen molar-refractivity contribution >= 4 is 30.0 Å². The van der Waals surface area contributed by atoms with Crippen LogP contribution in [-0.2, 0) is 9.53 Å². The first-order valence-electron chi connectivity index (χ1n) is 5.93. The van der Waals surface area contributed by atoms with Crippen LogP contribution < -0.4 is 10.6 Å². The van der Waals surface area contributed by atoms with E-state index in [1.807, 2.05) is 0 Å². The molecule has 104 valence electrons. The highest BCUT2D eigenvalue weighted by Crippen LogP contribution is 2.13. The molecule has 0 aromatic heterocycles. The Labute approximate surface area is 118 Å². The third-order valence-electron chi connectivity index (χ3n) is 2.95. The number of carbonyl (C=O) groups is 2. The molecule has 1 aromatic carbocycles. The third kappa shape index (κ3) is 3.94. The summed E-state index contributed by atoms with van der Waals surface area (Å²) in [7, 11) is 1.34. The largest absolute Gasteiger partial charge is 0.465 e. The zero-order valence-electron chi connectivity index (χ0n) is 10.6. The van der Waals surface area contributed by atoms with Crippen molar-refractivity contribution in [2.24, 2.45) is 0 Å². The fraction of sp³-hybridized carbons (Fsp3) is 0.385. The van der Waals surface area contributed by atoms with Gasteiger partial charge in [-0.1, -0.05) is 0 Å². The van der Waals surface area contributed by atoms with Crippen LogP contribution >= 0.6 is 12.4 Å². The zero-order valence-corrected chi connectivity index (χ0v) is 11.5. The molecule has 5 nitrogen and oxygen atoms in total. The summed E-state index contributed by atoms with van der Waals surface area (Å²) >= 11 is 0. The molecule has 1 fully saturated rings. The van der Waals surface area contributed by atoms with E-state index in [2.05, 4.69) is 15.4 Å². The number of hydrogen-bond donors (Lipinski definition) is 2. The normalized spacial score (nSPS) is 17.4. The summed E-state index contributed by atoms with van der Waals surface area (Å²) in [4.78, 5) is 23.1. The zero-order chi connectivity index (χ0) is 13.0. The van der Waals surface area contributed by atoms with Gasteiger partial charge >= 0.3 is 5.97 Å². The number of nitrogens with one attached hydrogen (secondary N) is 2. The molecule has 1 amide bonds. The summed E-state index contributed by atoms with van der Waals surface area (Å²) in [5, 5.41) is 5.94. The SMILES string of the molecule is COC(=O)c1ccc(NC(=O)C2CCCN2)cc1.Cl. The average Bonchev–Trinajstić information content (AvgIpc) is 2.92. The van der Waals surface area contributed by atoms with E-state index in [4.69, 9.17) is 0 Å². The van der Waals surface area contributed by atoms with Crippen molar-refractivity contribution in [1.29, 1.82) is 0 Å². The molecule has 1 aromatic rings. The highest BCUT2D eigenvalue weighted by atomic mass is 35.5. The van der Waals surface area contributed by atoms with Crippen LogP contribution in [0.3, 0.4) is 0 Å². The van der Waals surface area contributed by atoms with E-state index >= 15 is 0 Å². The standard InChI is InChI=1S/C13H16N2O3.ClH/c1-18-13(17)9-4-6-10(7-5-9)15-12(16)11-3-2-8-14-11;/h4-7,11,14H,2-3,8H2,1H3,(H,15,16);1H. The van der Waals surface area contributed by atoms with Crippen molar-refractivity contribution in [3.8, 4) is 0 Å². The van der Waals surface area contributed by atoms with Gasteiger partial charge in [-0.3, -0.25) is 4.79 Å². The Morgan fingerprint density at radius 1 is 1.32 bits per heavy atom. The number of ether oxygens (including phenoxy) is 1. The monoisotopic (exact) mass is 284 g/mol. The Balaban J connectivity index is 0.00000180. The lowest BCUT2D eigenvalue weighted by Crippen LogP contribution is -2.35. The number of amides is 1. The van der Waals surface area contributed by atoms with E-state index in [-0.39, 0.29) is 30.3 Å². The molecular formula is C13H17ClN2O3. The Morgan fingerprint density at radius 3 is 2.53 bits per heavy atom. The van der Waals surface area contributed by atoms with Crippen molar-refractivity contribution in [1.82, 2.24) is 5.32 Å². The summed E-state index contributed by atoms with van der Waals surface area (Å²) in [5.74, 6) is -0.413. The Morgan fingerprint density at radius 2 is 2.00 bits per heavy atom. The first-order valence-corrected chi connectivity index (χ1v) is 5.93. The van der Waals surface area contributed by atoms with Gasteiger partial charge in [-0.05, 0) is 43.7 Å². The van der Waals surface area contributed by atoms with E-state index in [0.717, 1.165) is 19.4 Å². The minimum absolute atomic E-state index is 0. The summed E-state index contributed by atoms with van der Waals surface area (Å²) in [6.07, 6.45) is 1.89. The third-order valence-corrected chi connectivity index (χ3v) is 2.95. The lowest BCUT2D eigenvalue weighted by Gasteiger charge is -2.11. The molecule has 1 unspecified atom stereocenters. The predicted octanol–water partition coefficient (Wildman–Crippen LogP) is 1.59. The molecule has 1 aliphatic heterocycles. The number of anilines is 1. The van der Waals surface area contributed by atoms with Gasteiger partial charge in [-0.25, -0.2) is 4.79 Å². The molecule has 0 aliphatic carbocycles. The number of rotatable bonds is 3. The lowest BCUT2D eigenvalue weighted by atomic mass is 10.2. The van der Waals surface area contributed by atoms with Crippen LogP contribution in [0, 0.1) is 0 Å². The van der Waals surface area contributed by atoms with E-state index < -0.39 is 0 Å². The molecular weight excluding hydrogens is 268 g/mol. The molecule has 6 heteroatoms. The Kier molecular flexibility index (Phi) is 5.79. The number of methoxy groups -OCH3 is 1. The fourth-order valence-electron chi connectivity index (χ4n) is 1.95. The summed E-state index contributed by atoms with van der Waals surface area (Å²) < 4.78 is 4.60. The Bertz CT molecular complexity index is 442. The second kappa shape index (κ2) is 7.11. The minimum atomic E-state index is -0.384. The number of carbonyl (C=O) groups excluding carboxylic acids is 2.